The molecule has 3 atom stereocenters. The summed E-state index contributed by atoms with van der Waals surface area (Å²) in [7, 11) is 0. The maximum absolute atomic E-state index is 14.1. The van der Waals surface area contributed by atoms with Crippen molar-refractivity contribution in [2.75, 3.05) is 51.3 Å². The second-order valence-electron chi connectivity index (χ2n) is 23.8. The first-order valence-electron chi connectivity index (χ1n) is 29.6. The summed E-state index contributed by atoms with van der Waals surface area (Å²) in [6.45, 7) is 10.1. The number of benzene rings is 2. The maximum atomic E-state index is 14.1. The molecule has 3 aliphatic rings. The van der Waals surface area contributed by atoms with Gasteiger partial charge in [-0.05, 0) is 118 Å². The van der Waals surface area contributed by atoms with Gasteiger partial charge in [0.15, 0.2) is 12.9 Å². The number of aliphatic hydroxyl groups excluding tert-OH is 2. The van der Waals surface area contributed by atoms with Crippen molar-refractivity contribution >= 4 is 41.1 Å². The fraction of sp³-hybridized carbons (Fsp3) is 0.492. The van der Waals surface area contributed by atoms with Crippen LogP contribution >= 0.6 is 0 Å². The molecule has 5 heterocycles. The highest BCUT2D eigenvalue weighted by Gasteiger charge is 2.48. The maximum Gasteiger partial charge on any atom is 0.270 e. The van der Waals surface area contributed by atoms with Gasteiger partial charge >= 0.3 is 0 Å². The zero-order valence-electron chi connectivity index (χ0n) is 50.0. The number of rotatable bonds is 32. The first-order valence-corrected chi connectivity index (χ1v) is 29.6. The molecule has 1 unspecified atom stereocenters. The molecule has 6 aromatic rings. The van der Waals surface area contributed by atoms with E-state index in [0.717, 1.165) is 48.2 Å². The average Bonchev–Trinajstić information content (AvgIpc) is 2.19. The van der Waals surface area contributed by atoms with Gasteiger partial charge in [0.25, 0.3) is 17.7 Å². The van der Waals surface area contributed by atoms with Crippen molar-refractivity contribution in [3.05, 3.63) is 114 Å². The fourth-order valence-electron chi connectivity index (χ4n) is 10.4. The number of carbonyl (C=O) groups excluding carboxylic acids is 6. The highest BCUT2D eigenvalue weighted by atomic mass is 16.5. The number of nitrogens with one attached hydrogen (secondary N) is 6. The lowest BCUT2D eigenvalue weighted by atomic mass is 9.88. The molecule has 470 valence electrons. The summed E-state index contributed by atoms with van der Waals surface area (Å²) in [5.74, 6) is -0.770. The van der Waals surface area contributed by atoms with Crippen LogP contribution in [0.1, 0.15) is 97.2 Å². The Balaban J connectivity index is 0.618. The summed E-state index contributed by atoms with van der Waals surface area (Å²) in [6, 6.07) is 17.1. The zero-order valence-corrected chi connectivity index (χ0v) is 50.0. The molecule has 1 saturated heterocycles. The molecule has 27 nitrogen and oxygen atoms in total. The summed E-state index contributed by atoms with van der Waals surface area (Å²) in [5, 5.41) is 64.2. The van der Waals surface area contributed by atoms with Gasteiger partial charge in [0, 0.05) is 67.7 Å². The van der Waals surface area contributed by atoms with Crippen molar-refractivity contribution < 1.29 is 63.0 Å². The SMILES string of the molecule is Cc1n[nH]c(C)c1-c1ccc(NC(=O)[C@@H](NC(=O)c2ccnn2CC(O)CNC(=O)Cn2cc(COCC(=O)N3CC(OCCNC(=O)COc4cccc(Oc5ccc(C(=O)N[C@@H](CCC(C)(C)C)C(O)O)cn5)c4)C3)nn2)C(C2CC2)C2CC2)cc1. The van der Waals surface area contributed by atoms with E-state index in [1.165, 1.54) is 46.2 Å². The normalized spacial score (nSPS) is 15.3. The molecular formula is C61H78N14O13. The second kappa shape index (κ2) is 29.4. The highest BCUT2D eigenvalue weighted by Crippen LogP contribution is 2.51. The van der Waals surface area contributed by atoms with Crippen molar-refractivity contribution in [3.8, 4) is 28.5 Å². The van der Waals surface area contributed by atoms with E-state index in [9.17, 15) is 44.1 Å². The largest absolute Gasteiger partial charge is 0.484 e. The molecule has 9 N–H and O–H groups in total. The van der Waals surface area contributed by atoms with Gasteiger partial charge in [-0.25, -0.2) is 9.67 Å². The summed E-state index contributed by atoms with van der Waals surface area (Å²) < 4.78 is 25.5. The molecule has 88 heavy (non-hydrogen) atoms. The number of ether oxygens (including phenoxy) is 4. The van der Waals surface area contributed by atoms with Gasteiger partial charge in [-0.15, -0.1) is 5.10 Å². The van der Waals surface area contributed by atoms with Crippen molar-refractivity contribution in [2.24, 2.45) is 23.2 Å². The third-order valence-corrected chi connectivity index (χ3v) is 15.3. The molecule has 4 aromatic heterocycles. The van der Waals surface area contributed by atoms with Crippen LogP contribution in [0, 0.1) is 37.0 Å². The number of amides is 6. The Kier molecular flexibility index (Phi) is 21.3. The van der Waals surface area contributed by atoms with Crippen molar-refractivity contribution in [1.82, 2.24) is 66.1 Å². The minimum atomic E-state index is -1.71. The number of hydrogen-bond acceptors (Lipinski definition) is 18. The number of anilines is 1. The molecule has 27 heteroatoms. The number of likely N-dealkylation sites (tertiary alicyclic amines) is 1. The summed E-state index contributed by atoms with van der Waals surface area (Å²) in [4.78, 5) is 84.7. The Morgan fingerprint density at radius 2 is 1.60 bits per heavy atom. The summed E-state index contributed by atoms with van der Waals surface area (Å²) in [6.07, 6.45) is 6.30. The van der Waals surface area contributed by atoms with Gasteiger partial charge < -0.3 is 65.8 Å². The molecule has 2 aliphatic carbocycles. The number of nitrogens with zero attached hydrogens (tertiary/aromatic N) is 8. The van der Waals surface area contributed by atoms with E-state index in [0.29, 0.717) is 60.6 Å². The van der Waals surface area contributed by atoms with E-state index in [1.54, 1.807) is 29.2 Å². The van der Waals surface area contributed by atoms with E-state index in [-0.39, 0.29) is 105 Å². The van der Waals surface area contributed by atoms with E-state index in [2.05, 4.69) is 57.2 Å². The van der Waals surface area contributed by atoms with Crippen LogP contribution in [-0.4, -0.2) is 172 Å². The summed E-state index contributed by atoms with van der Waals surface area (Å²) >= 11 is 0. The molecular weight excluding hydrogens is 1140 g/mol. The number of aryl methyl sites for hydroxylation is 2. The van der Waals surface area contributed by atoms with Gasteiger partial charge in [-0.1, -0.05) is 44.2 Å². The van der Waals surface area contributed by atoms with Crippen molar-refractivity contribution in [2.45, 2.75) is 123 Å². The van der Waals surface area contributed by atoms with Crippen molar-refractivity contribution in [1.29, 1.82) is 0 Å². The van der Waals surface area contributed by atoms with Crippen molar-refractivity contribution in [3.63, 3.8) is 0 Å². The lowest BCUT2D eigenvalue weighted by molar-refractivity contribution is -0.150. The highest BCUT2D eigenvalue weighted by molar-refractivity contribution is 6.01. The molecule has 9 rings (SSSR count). The Hall–Kier alpha value is -8.63. The minimum absolute atomic E-state index is 0.0138. The van der Waals surface area contributed by atoms with E-state index in [1.807, 2.05) is 58.9 Å². The van der Waals surface area contributed by atoms with E-state index < -0.39 is 42.2 Å². The number of carbonyl (C=O) groups is 6. The van der Waals surface area contributed by atoms with Gasteiger partial charge in [-0.2, -0.15) is 10.2 Å². The lowest BCUT2D eigenvalue weighted by Crippen LogP contribution is -2.56. The third-order valence-electron chi connectivity index (χ3n) is 15.3. The summed E-state index contributed by atoms with van der Waals surface area (Å²) in [5.41, 5.74) is 5.14. The van der Waals surface area contributed by atoms with Gasteiger partial charge in [0.1, 0.15) is 42.1 Å². The molecule has 0 bridgehead atoms. The van der Waals surface area contributed by atoms with Gasteiger partial charge in [0.2, 0.25) is 23.6 Å². The topological polar surface area (TPSA) is 354 Å². The smallest absolute Gasteiger partial charge is 0.270 e. The zero-order chi connectivity index (χ0) is 62.5. The number of pyridine rings is 1. The first kappa shape index (κ1) is 63.9. The Labute approximate surface area is 508 Å². The predicted molar refractivity (Wildman–Crippen MR) is 317 cm³/mol. The molecule has 2 aromatic carbocycles. The number of aromatic amines is 1. The van der Waals surface area contributed by atoms with Crippen LogP contribution in [-0.2, 0) is 48.3 Å². The van der Waals surface area contributed by atoms with Crippen LogP contribution in [0.3, 0.4) is 0 Å². The quantitative estimate of drug-likeness (QED) is 0.0216. The van der Waals surface area contributed by atoms with Crippen LogP contribution in [0.4, 0.5) is 5.69 Å². The van der Waals surface area contributed by atoms with Crippen LogP contribution in [0.2, 0.25) is 0 Å². The van der Waals surface area contributed by atoms with E-state index >= 15 is 0 Å². The molecule has 3 fully saturated rings. The van der Waals surface area contributed by atoms with Crippen LogP contribution < -0.4 is 36.1 Å². The number of aromatic nitrogens is 8. The molecule has 0 radical (unpaired) electrons. The van der Waals surface area contributed by atoms with Crippen LogP contribution in [0.15, 0.2) is 85.3 Å². The molecule has 1 aliphatic heterocycles. The van der Waals surface area contributed by atoms with Gasteiger partial charge in [0.05, 0.1) is 55.5 Å². The van der Waals surface area contributed by atoms with Crippen LogP contribution in [0.25, 0.3) is 11.1 Å². The Morgan fingerprint density at radius 1 is 0.852 bits per heavy atom. The third kappa shape index (κ3) is 18.5. The lowest BCUT2D eigenvalue weighted by Gasteiger charge is -2.38. The monoisotopic (exact) mass is 1210 g/mol. The fourth-order valence-corrected chi connectivity index (χ4v) is 10.4. The number of H-pyrrole nitrogens is 1. The number of hydrogen-bond donors (Lipinski definition) is 9. The number of aliphatic hydroxyl groups is 3. The van der Waals surface area contributed by atoms with Gasteiger partial charge in [-0.3, -0.25) is 38.5 Å². The second-order valence-corrected chi connectivity index (χ2v) is 23.8. The Bertz CT molecular complexity index is 3310. The van der Waals surface area contributed by atoms with E-state index in [4.69, 9.17) is 18.9 Å². The average molecular weight is 1220 g/mol. The molecule has 6 amide bonds. The van der Waals surface area contributed by atoms with Crippen LogP contribution in [0.5, 0.6) is 17.4 Å². The minimum Gasteiger partial charge on any atom is -0.484 e. The molecule has 0 spiro atoms. The predicted octanol–water partition coefficient (Wildman–Crippen LogP) is 3.19. The standard InChI is InChI=1S/C61H78N14O13/c1-36-54(37(2)70-69-36)38-13-16-42(17-14-38)66-59(82)56(55(39-9-10-39)40-11-12-40)68-58(81)49-20-22-65-75(49)29-44(76)27-63-50(77)32-74-28-43(71-72-74)33-85-35-53(79)73-30-47(31-73)86-24-23-62-51(78)34-87-45-7-6-8-46(25-45)88-52-18-15-41(26-64-52)57(80)67-48(60(83)84)19-21-61(3,4)5/h6-8,13-18,20,22,25-26,28,39-40,44,47-48,55-56,60,76,83-84H,9-12,19,21,23-24,27,29-35H2,1-5H3,(H,62,78)(H,63,77)(H,66,82)(H,67,80)(H,68,81)(H,69,70)/t44?,48-,56-/m0/s1. The molecule has 2 saturated carbocycles. The first-order chi connectivity index (χ1) is 42.2. The Morgan fingerprint density at radius 3 is 2.28 bits per heavy atom.